The fourth-order valence-corrected chi connectivity index (χ4v) is 2.57. The van der Waals surface area contributed by atoms with E-state index < -0.39 is 0 Å². The predicted octanol–water partition coefficient (Wildman–Crippen LogP) is 2.09. The quantitative estimate of drug-likeness (QED) is 0.935. The van der Waals surface area contributed by atoms with Gasteiger partial charge in [0.2, 0.25) is 5.91 Å². The summed E-state index contributed by atoms with van der Waals surface area (Å²) >= 11 is 0. The van der Waals surface area contributed by atoms with Gasteiger partial charge in [0.15, 0.2) is 0 Å². The smallest absolute Gasteiger partial charge is 0.240 e. The molecular weight excluding hydrogens is 266 g/mol. The minimum Gasteiger partial charge on any atom is -0.493 e. The van der Waals surface area contributed by atoms with Crippen molar-refractivity contribution in [2.24, 2.45) is 0 Å². The first-order valence-electron chi connectivity index (χ1n) is 7.23. The molecule has 0 saturated carbocycles. The van der Waals surface area contributed by atoms with Crippen LogP contribution in [0.1, 0.15) is 30.5 Å². The number of aromatic nitrogens is 2. The molecule has 5 heteroatoms. The summed E-state index contributed by atoms with van der Waals surface area (Å²) in [6.45, 7) is 3.08. The van der Waals surface area contributed by atoms with E-state index in [1.54, 1.807) is 23.3 Å². The van der Waals surface area contributed by atoms with E-state index in [4.69, 9.17) is 4.74 Å². The van der Waals surface area contributed by atoms with Crippen LogP contribution in [0.2, 0.25) is 0 Å². The van der Waals surface area contributed by atoms with Gasteiger partial charge in [-0.25, -0.2) is 4.98 Å². The molecule has 1 aliphatic rings. The van der Waals surface area contributed by atoms with Crippen molar-refractivity contribution in [3.05, 3.63) is 48.0 Å². The minimum absolute atomic E-state index is 0.0190. The SMILES string of the molecule is CC(NC(=O)Cn1ccnc1)c1ccc2c(c1)CCCO2. The Balaban J connectivity index is 1.64. The molecule has 0 bridgehead atoms. The normalized spacial score (nSPS) is 14.9. The maximum atomic E-state index is 12.0. The summed E-state index contributed by atoms with van der Waals surface area (Å²) in [5.41, 5.74) is 2.34. The second-order valence-electron chi connectivity index (χ2n) is 5.34. The average molecular weight is 285 g/mol. The number of aryl methyl sites for hydroxylation is 1. The predicted molar refractivity (Wildman–Crippen MR) is 79.0 cm³/mol. The zero-order chi connectivity index (χ0) is 14.7. The molecule has 1 aromatic carbocycles. The number of nitrogens with one attached hydrogen (secondary N) is 1. The Bertz CT molecular complexity index is 622. The fourth-order valence-electron chi connectivity index (χ4n) is 2.57. The number of hydrogen-bond acceptors (Lipinski definition) is 3. The molecule has 110 valence electrons. The lowest BCUT2D eigenvalue weighted by Gasteiger charge is -2.20. The van der Waals surface area contributed by atoms with Crippen LogP contribution in [0.25, 0.3) is 0 Å². The molecule has 2 heterocycles. The van der Waals surface area contributed by atoms with Crippen molar-refractivity contribution >= 4 is 5.91 Å². The van der Waals surface area contributed by atoms with Gasteiger partial charge in [0.25, 0.3) is 0 Å². The van der Waals surface area contributed by atoms with Gasteiger partial charge in [-0.15, -0.1) is 0 Å². The number of ether oxygens (including phenoxy) is 1. The van der Waals surface area contributed by atoms with Crippen LogP contribution in [0.4, 0.5) is 0 Å². The number of nitrogens with zero attached hydrogens (tertiary/aromatic N) is 2. The highest BCUT2D eigenvalue weighted by molar-refractivity contribution is 5.76. The number of hydrogen-bond donors (Lipinski definition) is 1. The van der Waals surface area contributed by atoms with Crippen LogP contribution in [0, 0.1) is 0 Å². The monoisotopic (exact) mass is 285 g/mol. The molecule has 1 amide bonds. The molecule has 0 fully saturated rings. The van der Waals surface area contributed by atoms with Gasteiger partial charge in [0.1, 0.15) is 12.3 Å². The van der Waals surface area contributed by atoms with E-state index in [0.29, 0.717) is 6.54 Å². The van der Waals surface area contributed by atoms with Gasteiger partial charge >= 0.3 is 0 Å². The zero-order valence-electron chi connectivity index (χ0n) is 12.1. The van der Waals surface area contributed by atoms with Crippen LogP contribution in [0.5, 0.6) is 5.75 Å². The second-order valence-corrected chi connectivity index (χ2v) is 5.34. The molecule has 2 aromatic rings. The van der Waals surface area contributed by atoms with Crippen molar-refractivity contribution in [1.29, 1.82) is 0 Å². The van der Waals surface area contributed by atoms with Crippen LogP contribution < -0.4 is 10.1 Å². The molecule has 3 rings (SSSR count). The van der Waals surface area contributed by atoms with Crippen LogP contribution in [0.3, 0.4) is 0 Å². The van der Waals surface area contributed by atoms with Crippen molar-refractivity contribution < 1.29 is 9.53 Å². The minimum atomic E-state index is -0.0201. The molecule has 1 unspecified atom stereocenters. The van der Waals surface area contributed by atoms with Gasteiger partial charge in [-0.3, -0.25) is 4.79 Å². The van der Waals surface area contributed by atoms with Gasteiger partial charge in [-0.1, -0.05) is 12.1 Å². The standard InChI is InChI=1S/C16H19N3O2/c1-12(18-16(20)10-19-7-6-17-11-19)13-4-5-15-14(9-13)3-2-8-21-15/h4-7,9,11-12H,2-3,8,10H2,1H3,(H,18,20). The third-order valence-electron chi connectivity index (χ3n) is 3.70. The van der Waals surface area contributed by atoms with Crippen molar-refractivity contribution in [2.45, 2.75) is 32.4 Å². The molecule has 0 spiro atoms. The topological polar surface area (TPSA) is 56.2 Å². The largest absolute Gasteiger partial charge is 0.493 e. The lowest BCUT2D eigenvalue weighted by Crippen LogP contribution is -2.29. The third-order valence-corrected chi connectivity index (χ3v) is 3.70. The molecule has 1 aromatic heterocycles. The highest BCUT2D eigenvalue weighted by atomic mass is 16.5. The first-order chi connectivity index (χ1) is 10.2. The van der Waals surface area contributed by atoms with Crippen molar-refractivity contribution in [3.8, 4) is 5.75 Å². The highest BCUT2D eigenvalue weighted by Crippen LogP contribution is 2.27. The number of amides is 1. The van der Waals surface area contributed by atoms with Gasteiger partial charge in [-0.2, -0.15) is 0 Å². The van der Waals surface area contributed by atoms with E-state index in [1.807, 2.05) is 19.1 Å². The summed E-state index contributed by atoms with van der Waals surface area (Å²) in [7, 11) is 0. The summed E-state index contributed by atoms with van der Waals surface area (Å²) in [6, 6.07) is 6.14. The summed E-state index contributed by atoms with van der Waals surface area (Å²) in [5.74, 6) is 0.955. The average Bonchev–Trinajstić information content (AvgIpc) is 2.99. The number of fused-ring (bicyclic) bond motifs is 1. The summed E-state index contributed by atoms with van der Waals surface area (Å²) in [5, 5.41) is 3.01. The van der Waals surface area contributed by atoms with Crippen molar-refractivity contribution in [3.63, 3.8) is 0 Å². The fraction of sp³-hybridized carbons (Fsp3) is 0.375. The van der Waals surface area contributed by atoms with E-state index >= 15 is 0 Å². The van der Waals surface area contributed by atoms with Crippen molar-refractivity contribution in [1.82, 2.24) is 14.9 Å². The Morgan fingerprint density at radius 1 is 1.52 bits per heavy atom. The summed E-state index contributed by atoms with van der Waals surface area (Å²) < 4.78 is 7.36. The lowest BCUT2D eigenvalue weighted by molar-refractivity contribution is -0.122. The number of rotatable bonds is 4. The summed E-state index contributed by atoms with van der Waals surface area (Å²) in [6.07, 6.45) is 7.18. The van der Waals surface area contributed by atoms with E-state index in [1.165, 1.54) is 5.56 Å². The molecule has 1 N–H and O–H groups in total. The van der Waals surface area contributed by atoms with Gasteiger partial charge < -0.3 is 14.6 Å². The molecule has 0 saturated heterocycles. The molecule has 0 aliphatic carbocycles. The third kappa shape index (κ3) is 3.24. The molecule has 0 radical (unpaired) electrons. The number of carbonyl (C=O) groups excluding carboxylic acids is 1. The number of benzene rings is 1. The Morgan fingerprint density at radius 3 is 3.24 bits per heavy atom. The van der Waals surface area contributed by atoms with Gasteiger partial charge in [0.05, 0.1) is 19.0 Å². The van der Waals surface area contributed by atoms with E-state index in [9.17, 15) is 4.79 Å². The Hall–Kier alpha value is -2.30. The maximum Gasteiger partial charge on any atom is 0.240 e. The van der Waals surface area contributed by atoms with Crippen LogP contribution in [0.15, 0.2) is 36.9 Å². The highest BCUT2D eigenvalue weighted by Gasteiger charge is 2.14. The first-order valence-corrected chi connectivity index (χ1v) is 7.23. The molecule has 1 aliphatic heterocycles. The van der Waals surface area contributed by atoms with Gasteiger partial charge in [0, 0.05) is 12.4 Å². The van der Waals surface area contributed by atoms with E-state index in [-0.39, 0.29) is 11.9 Å². The van der Waals surface area contributed by atoms with Crippen molar-refractivity contribution in [2.75, 3.05) is 6.61 Å². The van der Waals surface area contributed by atoms with Crippen LogP contribution in [-0.2, 0) is 17.8 Å². The van der Waals surface area contributed by atoms with Crippen LogP contribution >= 0.6 is 0 Å². The van der Waals surface area contributed by atoms with E-state index in [0.717, 1.165) is 30.8 Å². The maximum absolute atomic E-state index is 12.0. The molecule has 5 nitrogen and oxygen atoms in total. The van der Waals surface area contributed by atoms with Gasteiger partial charge in [-0.05, 0) is 37.0 Å². The number of imidazole rings is 1. The Labute approximate surface area is 124 Å². The molecule has 1 atom stereocenters. The summed E-state index contributed by atoms with van der Waals surface area (Å²) in [4.78, 5) is 15.9. The Morgan fingerprint density at radius 2 is 2.43 bits per heavy atom. The van der Waals surface area contributed by atoms with E-state index in [2.05, 4.69) is 16.4 Å². The molecule has 21 heavy (non-hydrogen) atoms. The van der Waals surface area contributed by atoms with Crippen LogP contribution in [-0.4, -0.2) is 22.1 Å². The Kier molecular flexibility index (Phi) is 3.90. The number of carbonyl (C=O) groups is 1. The lowest BCUT2D eigenvalue weighted by atomic mass is 10.00. The zero-order valence-corrected chi connectivity index (χ0v) is 12.1. The first kappa shape index (κ1) is 13.7. The molecular formula is C16H19N3O2. The second kappa shape index (κ2) is 5.99.